The first-order chi connectivity index (χ1) is 10.4. The number of halogens is 4. The second-order valence-corrected chi connectivity index (χ2v) is 4.34. The topological polar surface area (TPSA) is 54.4 Å². The molecule has 2 rings (SSSR count). The number of pyridine rings is 1. The van der Waals surface area contributed by atoms with Crippen LogP contribution in [0.15, 0.2) is 36.5 Å². The average Bonchev–Trinajstić information content (AvgIpc) is 2.42. The van der Waals surface area contributed by atoms with Crippen LogP contribution in [0.1, 0.15) is 11.3 Å². The normalized spacial score (nSPS) is 11.5. The zero-order valence-electron chi connectivity index (χ0n) is 11.2. The summed E-state index contributed by atoms with van der Waals surface area (Å²) >= 11 is 0. The van der Waals surface area contributed by atoms with Gasteiger partial charge in [0.25, 0.3) is 0 Å². The molecule has 1 aromatic heterocycles. The van der Waals surface area contributed by atoms with E-state index in [2.05, 4.69) is 15.0 Å². The zero-order chi connectivity index (χ0) is 16.2. The summed E-state index contributed by atoms with van der Waals surface area (Å²) in [5.74, 6) is -1.49. The Morgan fingerprint density at radius 2 is 1.91 bits per heavy atom. The predicted octanol–water partition coefficient (Wildman–Crippen LogP) is 3.11. The van der Waals surface area contributed by atoms with Crippen molar-refractivity contribution in [1.29, 1.82) is 0 Å². The lowest BCUT2D eigenvalue weighted by Crippen LogP contribution is -2.21. The van der Waals surface area contributed by atoms with Crippen molar-refractivity contribution in [3.05, 3.63) is 53.6 Å². The molecule has 22 heavy (non-hydrogen) atoms. The van der Waals surface area contributed by atoms with Crippen molar-refractivity contribution in [1.82, 2.24) is 10.3 Å². The van der Waals surface area contributed by atoms with Gasteiger partial charge in [0.1, 0.15) is 17.3 Å². The number of hydrogen-bond donors (Lipinski definition) is 2. The number of nitrogens with zero attached hydrogens (tertiary/aromatic N) is 1. The van der Waals surface area contributed by atoms with Gasteiger partial charge in [-0.05, 0) is 24.3 Å². The van der Waals surface area contributed by atoms with Crippen molar-refractivity contribution in [2.75, 3.05) is 0 Å². The van der Waals surface area contributed by atoms with E-state index >= 15 is 0 Å². The number of ether oxygens (including phenoxy) is 1. The van der Waals surface area contributed by atoms with Gasteiger partial charge in [-0.2, -0.15) is 0 Å². The Balaban J connectivity index is 2.08. The first-order valence-electron chi connectivity index (χ1n) is 6.23. The van der Waals surface area contributed by atoms with Gasteiger partial charge in [-0.3, -0.25) is 4.98 Å². The molecule has 118 valence electrons. The number of rotatable bonds is 5. The van der Waals surface area contributed by atoms with Gasteiger partial charge >= 0.3 is 6.36 Å². The molecular formula is C14H12F4N2O2. The van der Waals surface area contributed by atoms with E-state index in [1.807, 2.05) is 0 Å². The third-order valence-electron chi connectivity index (χ3n) is 2.76. The average molecular weight is 316 g/mol. The van der Waals surface area contributed by atoms with Gasteiger partial charge < -0.3 is 15.2 Å². The van der Waals surface area contributed by atoms with Crippen LogP contribution in [0, 0.1) is 5.82 Å². The first kappa shape index (κ1) is 16.0. The van der Waals surface area contributed by atoms with Crippen LogP contribution in [-0.2, 0) is 13.1 Å². The molecule has 0 fully saturated rings. The van der Waals surface area contributed by atoms with Crippen LogP contribution < -0.4 is 10.1 Å². The monoisotopic (exact) mass is 316 g/mol. The lowest BCUT2D eigenvalue weighted by atomic mass is 10.2. The van der Waals surface area contributed by atoms with Crippen LogP contribution >= 0.6 is 0 Å². The van der Waals surface area contributed by atoms with Gasteiger partial charge in [-0.1, -0.05) is 6.07 Å². The Labute approximate surface area is 123 Å². The van der Waals surface area contributed by atoms with Gasteiger partial charge in [-0.15, -0.1) is 13.2 Å². The fourth-order valence-corrected chi connectivity index (χ4v) is 1.80. The quantitative estimate of drug-likeness (QED) is 0.832. The molecule has 0 aliphatic carbocycles. The van der Waals surface area contributed by atoms with Crippen LogP contribution in [0.4, 0.5) is 17.6 Å². The summed E-state index contributed by atoms with van der Waals surface area (Å²) in [7, 11) is 0. The number of benzene rings is 1. The smallest absolute Gasteiger partial charge is 0.506 e. The number of alkyl halides is 3. The summed E-state index contributed by atoms with van der Waals surface area (Å²) < 4.78 is 54.3. The Kier molecular flexibility index (Phi) is 4.81. The van der Waals surface area contributed by atoms with Crippen molar-refractivity contribution in [3.8, 4) is 11.5 Å². The number of hydrogen-bond acceptors (Lipinski definition) is 4. The zero-order valence-corrected chi connectivity index (χ0v) is 11.2. The summed E-state index contributed by atoms with van der Waals surface area (Å²) in [4.78, 5) is 3.90. The van der Waals surface area contributed by atoms with Gasteiger partial charge in [0.15, 0.2) is 0 Å². The van der Waals surface area contributed by atoms with Crippen LogP contribution in [0.5, 0.6) is 11.5 Å². The molecule has 0 bridgehead atoms. The minimum atomic E-state index is -4.90. The Bertz CT molecular complexity index is 647. The Hall–Kier alpha value is -2.35. The van der Waals surface area contributed by atoms with Gasteiger partial charge in [0.05, 0.1) is 5.69 Å². The predicted molar refractivity (Wildman–Crippen MR) is 69.5 cm³/mol. The van der Waals surface area contributed by atoms with Crippen LogP contribution in [0.3, 0.4) is 0 Å². The van der Waals surface area contributed by atoms with Crippen molar-refractivity contribution in [3.63, 3.8) is 0 Å². The van der Waals surface area contributed by atoms with Gasteiger partial charge in [-0.25, -0.2) is 4.39 Å². The van der Waals surface area contributed by atoms with Gasteiger partial charge in [0, 0.05) is 24.8 Å². The summed E-state index contributed by atoms with van der Waals surface area (Å²) in [5, 5.41) is 12.2. The molecule has 0 saturated heterocycles. The second-order valence-electron chi connectivity index (χ2n) is 4.34. The largest absolute Gasteiger partial charge is 0.573 e. The molecule has 2 N–H and O–H groups in total. The van der Waals surface area contributed by atoms with E-state index < -0.39 is 17.9 Å². The van der Waals surface area contributed by atoms with Crippen LogP contribution in [0.25, 0.3) is 0 Å². The summed E-state index contributed by atoms with van der Waals surface area (Å²) in [5.41, 5.74) is 0.0485. The molecule has 4 nitrogen and oxygen atoms in total. The maximum Gasteiger partial charge on any atom is 0.573 e. The highest BCUT2D eigenvalue weighted by molar-refractivity contribution is 5.35. The molecule has 0 aliphatic heterocycles. The molecule has 0 aliphatic rings. The van der Waals surface area contributed by atoms with E-state index in [1.165, 1.54) is 18.3 Å². The SMILES string of the molecule is Oc1cccnc1CNCc1c(F)cccc1OC(F)(F)F. The van der Waals surface area contributed by atoms with E-state index in [4.69, 9.17) is 0 Å². The van der Waals surface area contributed by atoms with E-state index in [9.17, 15) is 22.7 Å². The molecule has 2 aromatic rings. The fourth-order valence-electron chi connectivity index (χ4n) is 1.80. The van der Waals surface area contributed by atoms with E-state index in [0.29, 0.717) is 5.69 Å². The lowest BCUT2D eigenvalue weighted by molar-refractivity contribution is -0.275. The molecule has 0 unspecified atom stereocenters. The molecule has 0 amide bonds. The Morgan fingerprint density at radius 3 is 2.59 bits per heavy atom. The molecule has 0 atom stereocenters. The molecule has 0 radical (unpaired) electrons. The third kappa shape index (κ3) is 4.32. The van der Waals surface area contributed by atoms with E-state index in [-0.39, 0.29) is 24.4 Å². The van der Waals surface area contributed by atoms with Crippen LogP contribution in [0.2, 0.25) is 0 Å². The highest BCUT2D eigenvalue weighted by Crippen LogP contribution is 2.28. The van der Waals surface area contributed by atoms with Crippen molar-refractivity contribution >= 4 is 0 Å². The van der Waals surface area contributed by atoms with E-state index in [0.717, 1.165) is 18.2 Å². The number of nitrogens with one attached hydrogen (secondary N) is 1. The molecule has 0 saturated carbocycles. The minimum Gasteiger partial charge on any atom is -0.506 e. The molecule has 0 spiro atoms. The summed E-state index contributed by atoms with van der Waals surface area (Å²) in [6.45, 7) is -0.152. The summed E-state index contributed by atoms with van der Waals surface area (Å²) in [6, 6.07) is 6.16. The third-order valence-corrected chi connectivity index (χ3v) is 2.76. The standard InChI is InChI=1S/C14H12F4N2O2/c15-10-3-1-5-13(22-14(16,17)18)9(10)7-19-8-11-12(21)4-2-6-20-11/h1-6,19,21H,7-8H2. The molecule has 1 aromatic carbocycles. The molecular weight excluding hydrogens is 304 g/mol. The number of aromatic nitrogens is 1. The van der Waals surface area contributed by atoms with Crippen molar-refractivity contribution in [2.24, 2.45) is 0 Å². The van der Waals surface area contributed by atoms with Crippen molar-refractivity contribution < 1.29 is 27.4 Å². The molecule has 1 heterocycles. The van der Waals surface area contributed by atoms with E-state index in [1.54, 1.807) is 0 Å². The van der Waals surface area contributed by atoms with Crippen LogP contribution in [-0.4, -0.2) is 16.5 Å². The maximum atomic E-state index is 13.7. The lowest BCUT2D eigenvalue weighted by Gasteiger charge is -2.14. The maximum absolute atomic E-state index is 13.7. The summed E-state index contributed by atoms with van der Waals surface area (Å²) in [6.07, 6.45) is -3.44. The van der Waals surface area contributed by atoms with Gasteiger partial charge in [0.2, 0.25) is 0 Å². The highest BCUT2D eigenvalue weighted by Gasteiger charge is 2.32. The van der Waals surface area contributed by atoms with Crippen molar-refractivity contribution in [2.45, 2.75) is 19.5 Å². The minimum absolute atomic E-state index is 0.0599. The number of aromatic hydroxyl groups is 1. The first-order valence-corrected chi connectivity index (χ1v) is 6.23. The Morgan fingerprint density at radius 1 is 1.14 bits per heavy atom. The second kappa shape index (κ2) is 6.61. The fraction of sp³-hybridized carbons (Fsp3) is 0.214. The molecule has 8 heteroatoms. The highest BCUT2D eigenvalue weighted by atomic mass is 19.4.